The minimum Gasteiger partial charge on any atom is -0.392 e. The Morgan fingerprint density at radius 2 is 2.06 bits per heavy atom. The van der Waals surface area contributed by atoms with E-state index < -0.39 is 18.0 Å². The highest BCUT2D eigenvalue weighted by Gasteiger charge is 2.19. The molecule has 0 heterocycles. The lowest BCUT2D eigenvalue weighted by molar-refractivity contribution is -0.119. The highest BCUT2D eigenvalue weighted by Crippen LogP contribution is 2.19. The van der Waals surface area contributed by atoms with E-state index in [1.54, 1.807) is 0 Å². The maximum atomic E-state index is 13.2. The lowest BCUT2D eigenvalue weighted by Gasteiger charge is -2.19. The zero-order valence-corrected chi connectivity index (χ0v) is 9.93. The Morgan fingerprint density at radius 1 is 1.39 bits per heavy atom. The summed E-state index contributed by atoms with van der Waals surface area (Å²) in [4.78, 5) is 10.7. The Morgan fingerprint density at radius 3 is 2.61 bits per heavy atom. The molecule has 18 heavy (non-hydrogen) atoms. The van der Waals surface area contributed by atoms with E-state index in [4.69, 9.17) is 5.11 Å². The number of hydrogen-bond acceptors (Lipinski definition) is 4. The first kappa shape index (κ1) is 14.6. The Labute approximate surface area is 104 Å². The van der Waals surface area contributed by atoms with Crippen molar-refractivity contribution in [3.8, 4) is 0 Å². The predicted octanol–water partition coefficient (Wildman–Crippen LogP) is -0.152. The van der Waals surface area contributed by atoms with E-state index in [1.165, 1.54) is 13.0 Å². The number of halogens is 1. The maximum absolute atomic E-state index is 13.2. The van der Waals surface area contributed by atoms with Gasteiger partial charge in [0.1, 0.15) is 18.0 Å². The van der Waals surface area contributed by atoms with Gasteiger partial charge in [0.25, 0.3) is 0 Å². The molecule has 0 radical (unpaired) electrons. The van der Waals surface area contributed by atoms with Gasteiger partial charge in [-0.05, 0) is 23.3 Å². The second kappa shape index (κ2) is 6.44. The van der Waals surface area contributed by atoms with Crippen LogP contribution in [0.5, 0.6) is 0 Å². The van der Waals surface area contributed by atoms with Crippen LogP contribution in [0.25, 0.3) is 0 Å². The van der Waals surface area contributed by atoms with Crippen LogP contribution in [-0.4, -0.2) is 33.9 Å². The van der Waals surface area contributed by atoms with Gasteiger partial charge >= 0.3 is 0 Å². The summed E-state index contributed by atoms with van der Waals surface area (Å²) in [5.74, 6) is -0.945. The van der Waals surface area contributed by atoms with Crippen LogP contribution in [-0.2, 0) is 11.4 Å². The van der Waals surface area contributed by atoms with Gasteiger partial charge in [-0.25, -0.2) is 4.39 Å². The van der Waals surface area contributed by atoms with Gasteiger partial charge in [-0.3, -0.25) is 4.79 Å². The number of benzene rings is 1. The summed E-state index contributed by atoms with van der Waals surface area (Å²) < 4.78 is 13.2. The summed E-state index contributed by atoms with van der Waals surface area (Å²) in [6.07, 6.45) is -2.58. The summed E-state index contributed by atoms with van der Waals surface area (Å²) in [7, 11) is 0. The van der Waals surface area contributed by atoms with Gasteiger partial charge in [-0.2, -0.15) is 0 Å². The van der Waals surface area contributed by atoms with E-state index in [-0.39, 0.29) is 24.6 Å². The molecule has 0 aromatic heterocycles. The monoisotopic (exact) mass is 257 g/mol. The highest BCUT2D eigenvalue weighted by molar-refractivity contribution is 5.72. The lowest BCUT2D eigenvalue weighted by atomic mass is 10.0. The molecule has 0 saturated heterocycles. The van der Waals surface area contributed by atoms with E-state index in [0.717, 1.165) is 12.1 Å². The first-order chi connectivity index (χ1) is 8.43. The number of carbonyl (C=O) groups is 1. The minimum absolute atomic E-state index is 0.137. The van der Waals surface area contributed by atoms with E-state index in [0.29, 0.717) is 5.56 Å². The number of nitrogens with one attached hydrogen (secondary N) is 1. The lowest BCUT2D eigenvalue weighted by Crippen LogP contribution is -2.34. The summed E-state index contributed by atoms with van der Waals surface area (Å²) in [6, 6.07) is 3.60. The number of aliphatic hydroxyl groups excluding tert-OH is 3. The van der Waals surface area contributed by atoms with Crippen molar-refractivity contribution in [2.24, 2.45) is 0 Å². The molecule has 0 aliphatic rings. The van der Waals surface area contributed by atoms with Crippen molar-refractivity contribution in [1.29, 1.82) is 0 Å². The van der Waals surface area contributed by atoms with E-state index >= 15 is 0 Å². The smallest absolute Gasteiger partial charge is 0.216 e. The molecular weight excluding hydrogens is 241 g/mol. The number of aliphatic hydroxyl groups is 3. The normalized spacial score (nSPS) is 14.1. The Bertz CT molecular complexity index is 425. The first-order valence-corrected chi connectivity index (χ1v) is 5.45. The molecule has 2 atom stereocenters. The maximum Gasteiger partial charge on any atom is 0.216 e. The standard InChI is InChI=1S/C12H16FNO4/c1-7(16)14-5-11(17)12(18)9-2-8(6-15)3-10(13)4-9/h2-4,11-12,15,17-18H,5-6H2,1H3,(H,14,16). The second-order valence-corrected chi connectivity index (χ2v) is 4.00. The molecule has 0 aliphatic heterocycles. The van der Waals surface area contributed by atoms with Crippen LogP contribution >= 0.6 is 0 Å². The average molecular weight is 257 g/mol. The predicted molar refractivity (Wildman–Crippen MR) is 62.0 cm³/mol. The van der Waals surface area contributed by atoms with E-state index in [1.807, 2.05) is 0 Å². The Balaban J connectivity index is 2.79. The van der Waals surface area contributed by atoms with E-state index in [2.05, 4.69) is 5.32 Å². The highest BCUT2D eigenvalue weighted by atomic mass is 19.1. The molecule has 0 bridgehead atoms. The van der Waals surface area contributed by atoms with Gasteiger partial charge in [0.2, 0.25) is 5.91 Å². The van der Waals surface area contributed by atoms with Gasteiger partial charge in [0.15, 0.2) is 0 Å². The van der Waals surface area contributed by atoms with Crippen molar-refractivity contribution >= 4 is 5.91 Å². The summed E-state index contributed by atoms with van der Waals surface area (Å²) in [5.41, 5.74) is 0.452. The van der Waals surface area contributed by atoms with Crippen LogP contribution in [0.4, 0.5) is 4.39 Å². The minimum atomic E-state index is -1.34. The van der Waals surface area contributed by atoms with Crippen LogP contribution in [0.3, 0.4) is 0 Å². The SMILES string of the molecule is CC(=O)NCC(O)C(O)c1cc(F)cc(CO)c1. The van der Waals surface area contributed by atoms with E-state index in [9.17, 15) is 19.4 Å². The fourth-order valence-electron chi connectivity index (χ4n) is 1.52. The third-order valence-corrected chi connectivity index (χ3v) is 2.43. The van der Waals surface area contributed by atoms with Crippen molar-refractivity contribution in [3.63, 3.8) is 0 Å². The van der Waals surface area contributed by atoms with Gasteiger partial charge in [-0.1, -0.05) is 6.07 Å². The fraction of sp³-hybridized carbons (Fsp3) is 0.417. The molecule has 0 aliphatic carbocycles. The molecule has 1 rings (SSSR count). The second-order valence-electron chi connectivity index (χ2n) is 4.00. The molecular formula is C12H16FNO4. The fourth-order valence-corrected chi connectivity index (χ4v) is 1.52. The van der Waals surface area contributed by atoms with Crippen LogP contribution in [0.15, 0.2) is 18.2 Å². The molecule has 5 nitrogen and oxygen atoms in total. The van der Waals surface area contributed by atoms with Crippen LogP contribution in [0, 0.1) is 5.82 Å². The Hall–Kier alpha value is -1.50. The number of rotatable bonds is 5. The number of hydrogen-bond donors (Lipinski definition) is 4. The summed E-state index contributed by atoms with van der Waals surface area (Å²) in [6.45, 7) is 0.784. The number of amides is 1. The summed E-state index contributed by atoms with van der Waals surface area (Å²) in [5, 5.41) is 30.7. The average Bonchev–Trinajstić information content (AvgIpc) is 2.34. The summed E-state index contributed by atoms with van der Waals surface area (Å²) >= 11 is 0. The van der Waals surface area contributed by atoms with Crippen molar-refractivity contribution in [2.45, 2.75) is 25.7 Å². The Kier molecular flexibility index (Phi) is 5.21. The van der Waals surface area contributed by atoms with Crippen LogP contribution < -0.4 is 5.32 Å². The van der Waals surface area contributed by atoms with Crippen molar-refractivity contribution in [1.82, 2.24) is 5.32 Å². The molecule has 4 N–H and O–H groups in total. The third-order valence-electron chi connectivity index (χ3n) is 2.43. The molecule has 1 amide bonds. The molecule has 2 unspecified atom stereocenters. The first-order valence-electron chi connectivity index (χ1n) is 5.45. The molecule has 0 saturated carbocycles. The largest absolute Gasteiger partial charge is 0.392 e. The molecule has 100 valence electrons. The zero-order chi connectivity index (χ0) is 13.7. The van der Waals surface area contributed by atoms with Gasteiger partial charge < -0.3 is 20.6 Å². The molecule has 6 heteroatoms. The van der Waals surface area contributed by atoms with Gasteiger partial charge in [0.05, 0.1) is 6.61 Å². The molecule has 0 spiro atoms. The molecule has 1 aromatic carbocycles. The topological polar surface area (TPSA) is 89.8 Å². The number of carbonyl (C=O) groups excluding carboxylic acids is 1. The molecule has 1 aromatic rings. The van der Waals surface area contributed by atoms with Crippen molar-refractivity contribution in [2.75, 3.05) is 6.54 Å². The molecule has 0 fully saturated rings. The zero-order valence-electron chi connectivity index (χ0n) is 9.93. The van der Waals surface area contributed by atoms with Gasteiger partial charge in [-0.15, -0.1) is 0 Å². The van der Waals surface area contributed by atoms with Crippen LogP contribution in [0.1, 0.15) is 24.2 Å². The third kappa shape index (κ3) is 4.06. The van der Waals surface area contributed by atoms with Crippen LogP contribution in [0.2, 0.25) is 0 Å². The van der Waals surface area contributed by atoms with Crippen molar-refractivity contribution < 1.29 is 24.5 Å². The quantitative estimate of drug-likeness (QED) is 0.590. The van der Waals surface area contributed by atoms with Gasteiger partial charge in [0, 0.05) is 13.5 Å². The van der Waals surface area contributed by atoms with Crippen molar-refractivity contribution in [3.05, 3.63) is 35.1 Å².